The molecular weight excluding hydrogens is 341 g/mol. The lowest BCUT2D eigenvalue weighted by Gasteiger charge is -2.20. The molecule has 0 heterocycles. The van der Waals surface area contributed by atoms with Gasteiger partial charge in [0.15, 0.2) is 17.5 Å². The normalized spacial score (nSPS) is 13.4. The van der Waals surface area contributed by atoms with Crippen LogP contribution in [0.2, 0.25) is 5.02 Å². The Hall–Kier alpha value is -2.05. The molecular formula is C17H16ClF3N2O. The second-order valence-electron chi connectivity index (χ2n) is 5.37. The van der Waals surface area contributed by atoms with Crippen LogP contribution >= 0.6 is 11.6 Å². The minimum Gasteiger partial charge on any atom is -0.322 e. The van der Waals surface area contributed by atoms with Crippen molar-refractivity contribution in [2.24, 2.45) is 0 Å². The van der Waals surface area contributed by atoms with Gasteiger partial charge in [0, 0.05) is 11.1 Å². The summed E-state index contributed by atoms with van der Waals surface area (Å²) in [5.41, 5.74) is 0.504. The molecule has 1 amide bonds. The molecule has 2 N–H and O–H groups in total. The number of nitrogens with one attached hydrogen (secondary N) is 2. The zero-order valence-electron chi connectivity index (χ0n) is 13.0. The maximum absolute atomic E-state index is 13.6. The number of benzene rings is 2. The summed E-state index contributed by atoms with van der Waals surface area (Å²) in [6.07, 6.45) is 0. The quantitative estimate of drug-likeness (QED) is 0.778. The summed E-state index contributed by atoms with van der Waals surface area (Å²) < 4.78 is 39.7. The van der Waals surface area contributed by atoms with E-state index in [4.69, 9.17) is 11.6 Å². The largest absolute Gasteiger partial charge is 0.322 e. The number of carbonyl (C=O) groups excluding carboxylic acids is 1. The van der Waals surface area contributed by atoms with Crippen molar-refractivity contribution in [3.8, 4) is 0 Å². The monoisotopic (exact) mass is 356 g/mol. The maximum Gasteiger partial charge on any atom is 0.241 e. The Morgan fingerprint density at radius 2 is 1.62 bits per heavy atom. The number of hydrogen-bond acceptors (Lipinski definition) is 2. The minimum absolute atomic E-state index is 0.169. The molecule has 0 bridgehead atoms. The Balaban J connectivity index is 2.02. The van der Waals surface area contributed by atoms with Crippen molar-refractivity contribution < 1.29 is 18.0 Å². The van der Waals surface area contributed by atoms with Gasteiger partial charge in [0.1, 0.15) is 0 Å². The zero-order valence-corrected chi connectivity index (χ0v) is 13.8. The van der Waals surface area contributed by atoms with Gasteiger partial charge in [-0.05, 0) is 43.7 Å². The third-order valence-corrected chi connectivity index (χ3v) is 3.81. The summed E-state index contributed by atoms with van der Waals surface area (Å²) in [4.78, 5) is 12.1. The van der Waals surface area contributed by atoms with Crippen molar-refractivity contribution in [1.82, 2.24) is 5.32 Å². The molecule has 2 atom stereocenters. The third kappa shape index (κ3) is 4.27. The van der Waals surface area contributed by atoms with E-state index in [1.54, 1.807) is 19.1 Å². The van der Waals surface area contributed by atoms with Crippen LogP contribution in [0.5, 0.6) is 0 Å². The van der Waals surface area contributed by atoms with Crippen molar-refractivity contribution >= 4 is 23.2 Å². The fourth-order valence-corrected chi connectivity index (χ4v) is 2.29. The van der Waals surface area contributed by atoms with E-state index in [-0.39, 0.29) is 6.04 Å². The molecule has 2 aromatic carbocycles. The van der Waals surface area contributed by atoms with Gasteiger partial charge in [-0.1, -0.05) is 23.7 Å². The first-order valence-electron chi connectivity index (χ1n) is 7.25. The topological polar surface area (TPSA) is 41.1 Å². The molecule has 24 heavy (non-hydrogen) atoms. The highest BCUT2D eigenvalue weighted by molar-refractivity contribution is 6.30. The first-order valence-corrected chi connectivity index (χ1v) is 7.63. The molecule has 0 aliphatic rings. The van der Waals surface area contributed by atoms with Crippen LogP contribution in [0.15, 0.2) is 36.4 Å². The lowest BCUT2D eigenvalue weighted by Crippen LogP contribution is -2.39. The summed E-state index contributed by atoms with van der Waals surface area (Å²) >= 11 is 5.82. The predicted molar refractivity (Wildman–Crippen MR) is 87.4 cm³/mol. The number of carbonyl (C=O) groups is 1. The minimum atomic E-state index is -1.62. The molecule has 0 aliphatic carbocycles. The van der Waals surface area contributed by atoms with E-state index in [2.05, 4.69) is 10.6 Å². The maximum atomic E-state index is 13.6. The molecule has 0 fully saturated rings. The highest BCUT2D eigenvalue weighted by Gasteiger charge is 2.20. The molecule has 7 heteroatoms. The number of amides is 1. The lowest BCUT2D eigenvalue weighted by molar-refractivity contribution is -0.118. The number of hydrogen-bond donors (Lipinski definition) is 2. The van der Waals surface area contributed by atoms with Gasteiger partial charge in [-0.15, -0.1) is 0 Å². The predicted octanol–water partition coefficient (Wildman–Crippen LogP) is 4.44. The van der Waals surface area contributed by atoms with Crippen molar-refractivity contribution in [3.05, 3.63) is 64.4 Å². The summed E-state index contributed by atoms with van der Waals surface area (Å²) in [6, 6.07) is 7.97. The van der Waals surface area contributed by atoms with Gasteiger partial charge in [-0.2, -0.15) is 0 Å². The molecule has 2 aromatic rings. The lowest BCUT2D eigenvalue weighted by atomic mass is 10.1. The van der Waals surface area contributed by atoms with Crippen molar-refractivity contribution in [2.75, 3.05) is 5.32 Å². The van der Waals surface area contributed by atoms with Crippen LogP contribution in [-0.4, -0.2) is 11.9 Å². The average Bonchev–Trinajstić information content (AvgIpc) is 2.55. The number of rotatable bonds is 5. The Bertz CT molecular complexity index is 737. The van der Waals surface area contributed by atoms with Gasteiger partial charge in [0.2, 0.25) is 5.91 Å². The Morgan fingerprint density at radius 1 is 1.00 bits per heavy atom. The average molecular weight is 357 g/mol. The van der Waals surface area contributed by atoms with Gasteiger partial charge in [-0.3, -0.25) is 10.1 Å². The van der Waals surface area contributed by atoms with E-state index < -0.39 is 35.1 Å². The number of anilines is 1. The standard InChI is InChI=1S/C17H16ClF3N2O/c1-9(11-3-5-12(18)6-4-11)22-10(2)17(24)23-14-8-7-13(19)15(20)16(14)21/h3-10,22H,1-2H3,(H,23,24)/t9-,10-/m0/s1. The molecule has 0 aromatic heterocycles. The fraction of sp³-hybridized carbons (Fsp3) is 0.235. The molecule has 0 spiro atoms. The van der Waals surface area contributed by atoms with Crippen LogP contribution in [0, 0.1) is 17.5 Å². The summed E-state index contributed by atoms with van der Waals surface area (Å²) in [5, 5.41) is 5.88. The number of halogens is 4. The van der Waals surface area contributed by atoms with E-state index in [1.165, 1.54) is 0 Å². The summed E-state index contributed by atoms with van der Waals surface area (Å²) in [6.45, 7) is 3.44. The van der Waals surface area contributed by atoms with Crippen molar-refractivity contribution in [3.63, 3.8) is 0 Å². The van der Waals surface area contributed by atoms with Gasteiger partial charge in [-0.25, -0.2) is 13.2 Å². The van der Waals surface area contributed by atoms with E-state index in [0.29, 0.717) is 5.02 Å². The Labute approximate surface area is 142 Å². The highest BCUT2D eigenvalue weighted by Crippen LogP contribution is 2.20. The van der Waals surface area contributed by atoms with Crippen LogP contribution in [0.25, 0.3) is 0 Å². The summed E-state index contributed by atoms with van der Waals surface area (Å²) in [5.74, 6) is -4.93. The van der Waals surface area contributed by atoms with E-state index >= 15 is 0 Å². The van der Waals surface area contributed by atoms with Crippen molar-refractivity contribution in [1.29, 1.82) is 0 Å². The second-order valence-corrected chi connectivity index (χ2v) is 5.81. The van der Waals surface area contributed by atoms with E-state index in [0.717, 1.165) is 17.7 Å². The van der Waals surface area contributed by atoms with Gasteiger partial charge in [0.25, 0.3) is 0 Å². The van der Waals surface area contributed by atoms with Crippen LogP contribution in [0.1, 0.15) is 25.5 Å². The smallest absolute Gasteiger partial charge is 0.241 e. The second kappa shape index (κ2) is 7.68. The van der Waals surface area contributed by atoms with Crippen LogP contribution < -0.4 is 10.6 Å². The van der Waals surface area contributed by atoms with Crippen LogP contribution in [-0.2, 0) is 4.79 Å². The first kappa shape index (κ1) is 18.3. The molecule has 128 valence electrons. The van der Waals surface area contributed by atoms with Crippen LogP contribution in [0.4, 0.5) is 18.9 Å². The Morgan fingerprint density at radius 3 is 2.25 bits per heavy atom. The van der Waals surface area contributed by atoms with Gasteiger partial charge in [0.05, 0.1) is 11.7 Å². The van der Waals surface area contributed by atoms with Gasteiger partial charge >= 0.3 is 0 Å². The van der Waals surface area contributed by atoms with Gasteiger partial charge < -0.3 is 5.32 Å². The highest BCUT2D eigenvalue weighted by atomic mass is 35.5. The first-order chi connectivity index (χ1) is 11.3. The third-order valence-electron chi connectivity index (χ3n) is 3.56. The van der Waals surface area contributed by atoms with Crippen LogP contribution in [0.3, 0.4) is 0 Å². The molecule has 0 unspecified atom stereocenters. The van der Waals surface area contributed by atoms with E-state index in [1.807, 2.05) is 19.1 Å². The summed E-state index contributed by atoms with van der Waals surface area (Å²) in [7, 11) is 0. The fourth-order valence-electron chi connectivity index (χ4n) is 2.16. The molecule has 0 aliphatic heterocycles. The molecule has 3 nitrogen and oxygen atoms in total. The molecule has 0 saturated carbocycles. The molecule has 0 saturated heterocycles. The Kier molecular flexibility index (Phi) is 5.85. The van der Waals surface area contributed by atoms with E-state index in [9.17, 15) is 18.0 Å². The molecule has 0 radical (unpaired) electrons. The SMILES string of the molecule is C[C@H](N[C@@H](C)c1ccc(Cl)cc1)C(=O)Nc1ccc(F)c(F)c1F. The molecule has 2 rings (SSSR count). The van der Waals surface area contributed by atoms with Crippen molar-refractivity contribution in [2.45, 2.75) is 25.9 Å². The zero-order chi connectivity index (χ0) is 17.9.